The maximum atomic E-state index is 12.1. The molecule has 3 N–H and O–H groups in total. The molecule has 2 unspecified atom stereocenters. The first-order chi connectivity index (χ1) is 8.74. The van der Waals surface area contributed by atoms with Crippen molar-refractivity contribution in [3.63, 3.8) is 0 Å². The van der Waals surface area contributed by atoms with E-state index in [0.29, 0.717) is 19.4 Å². The minimum Gasteiger partial charge on any atom is -0.481 e. The number of carbonyl (C=O) groups is 2. The van der Waals surface area contributed by atoms with Crippen LogP contribution in [0.25, 0.3) is 0 Å². The largest absolute Gasteiger partial charge is 0.481 e. The number of hydrogen-bond acceptors (Lipinski definition) is 4. The van der Waals surface area contributed by atoms with Gasteiger partial charge in [0.25, 0.3) is 10.2 Å². The van der Waals surface area contributed by atoms with Crippen LogP contribution in [0, 0.1) is 0 Å². The molecule has 0 bridgehead atoms. The Morgan fingerprint density at radius 3 is 2.47 bits per heavy atom. The van der Waals surface area contributed by atoms with Gasteiger partial charge in [-0.25, -0.2) is 0 Å². The van der Waals surface area contributed by atoms with Crippen molar-refractivity contribution in [2.75, 3.05) is 6.54 Å². The quantitative estimate of drug-likeness (QED) is 0.613. The van der Waals surface area contributed by atoms with E-state index in [1.807, 2.05) is 4.72 Å². The first kappa shape index (κ1) is 15.9. The molecule has 1 fully saturated rings. The van der Waals surface area contributed by atoms with Gasteiger partial charge in [0.15, 0.2) is 0 Å². The molecule has 8 nitrogen and oxygen atoms in total. The summed E-state index contributed by atoms with van der Waals surface area (Å²) in [4.78, 5) is 21.4. The molecule has 0 saturated carbocycles. The fraction of sp³-hybridized carbons (Fsp3) is 0.800. The molecular weight excluding hydrogens is 276 g/mol. The van der Waals surface area contributed by atoms with E-state index in [-0.39, 0.29) is 6.04 Å². The summed E-state index contributed by atoms with van der Waals surface area (Å²) >= 11 is 0. The van der Waals surface area contributed by atoms with Crippen LogP contribution in [0.5, 0.6) is 0 Å². The SMILES string of the molecule is CC1CCCCN1S(=O)(=O)NC(CC(=O)O)C(=O)O. The number of nitrogens with zero attached hydrogens (tertiary/aromatic N) is 1. The van der Waals surface area contributed by atoms with E-state index in [9.17, 15) is 18.0 Å². The second-order valence-corrected chi connectivity index (χ2v) is 6.22. The van der Waals surface area contributed by atoms with E-state index >= 15 is 0 Å². The average Bonchev–Trinajstić information content (AvgIpc) is 2.27. The predicted molar refractivity (Wildman–Crippen MR) is 65.8 cm³/mol. The maximum Gasteiger partial charge on any atom is 0.322 e. The average molecular weight is 294 g/mol. The highest BCUT2D eigenvalue weighted by molar-refractivity contribution is 7.87. The molecule has 0 aromatic heterocycles. The number of hydrogen-bond donors (Lipinski definition) is 3. The first-order valence-corrected chi connectivity index (χ1v) is 7.41. The molecule has 9 heteroatoms. The minimum atomic E-state index is -3.98. The van der Waals surface area contributed by atoms with Crippen LogP contribution in [0.3, 0.4) is 0 Å². The smallest absolute Gasteiger partial charge is 0.322 e. The van der Waals surface area contributed by atoms with Crippen LogP contribution in [-0.4, -0.2) is 53.5 Å². The van der Waals surface area contributed by atoms with Crippen LogP contribution >= 0.6 is 0 Å². The van der Waals surface area contributed by atoms with Gasteiger partial charge in [-0.15, -0.1) is 0 Å². The molecule has 1 rings (SSSR count). The summed E-state index contributed by atoms with van der Waals surface area (Å²) < 4.78 is 27.2. The van der Waals surface area contributed by atoms with Crippen LogP contribution < -0.4 is 4.72 Å². The molecule has 1 aliphatic heterocycles. The normalized spacial score (nSPS) is 22.9. The number of aliphatic carboxylic acids is 2. The summed E-state index contributed by atoms with van der Waals surface area (Å²) in [6.45, 7) is 2.06. The van der Waals surface area contributed by atoms with Gasteiger partial charge in [0, 0.05) is 12.6 Å². The van der Waals surface area contributed by atoms with Crippen molar-refractivity contribution in [3.8, 4) is 0 Å². The lowest BCUT2D eigenvalue weighted by molar-refractivity contribution is -0.145. The van der Waals surface area contributed by atoms with Crippen LogP contribution in [0.1, 0.15) is 32.6 Å². The second-order valence-electron chi connectivity index (χ2n) is 4.57. The zero-order valence-electron chi connectivity index (χ0n) is 10.6. The fourth-order valence-corrected chi connectivity index (χ4v) is 3.66. The van der Waals surface area contributed by atoms with E-state index < -0.39 is 34.6 Å². The number of carboxylic acid groups (broad SMARTS) is 2. The lowest BCUT2D eigenvalue weighted by Crippen LogP contribution is -2.52. The Morgan fingerprint density at radius 1 is 1.37 bits per heavy atom. The Balaban J connectivity index is 2.81. The van der Waals surface area contributed by atoms with Gasteiger partial charge < -0.3 is 10.2 Å². The summed E-state index contributed by atoms with van der Waals surface area (Å²) in [5.74, 6) is -2.88. The van der Waals surface area contributed by atoms with E-state index in [2.05, 4.69) is 0 Å². The summed E-state index contributed by atoms with van der Waals surface area (Å²) in [6, 6.07) is -1.87. The first-order valence-electron chi connectivity index (χ1n) is 5.97. The lowest BCUT2D eigenvalue weighted by Gasteiger charge is -2.32. The highest BCUT2D eigenvalue weighted by atomic mass is 32.2. The van der Waals surface area contributed by atoms with E-state index in [4.69, 9.17) is 10.2 Å². The van der Waals surface area contributed by atoms with Gasteiger partial charge in [0.2, 0.25) is 0 Å². The molecule has 0 amide bonds. The Morgan fingerprint density at radius 2 is 2.00 bits per heavy atom. The molecule has 0 aliphatic carbocycles. The van der Waals surface area contributed by atoms with Crippen molar-refractivity contribution in [2.24, 2.45) is 0 Å². The molecular formula is C10H18N2O6S. The summed E-state index contributed by atoms with van der Waals surface area (Å²) in [6.07, 6.45) is 1.54. The van der Waals surface area contributed by atoms with Crippen LogP contribution in [0.4, 0.5) is 0 Å². The maximum absolute atomic E-state index is 12.1. The third kappa shape index (κ3) is 4.44. The number of rotatable bonds is 6. The van der Waals surface area contributed by atoms with Crippen molar-refractivity contribution < 1.29 is 28.2 Å². The zero-order valence-corrected chi connectivity index (χ0v) is 11.4. The second kappa shape index (κ2) is 6.31. The topological polar surface area (TPSA) is 124 Å². The molecule has 2 atom stereocenters. The molecule has 19 heavy (non-hydrogen) atoms. The van der Waals surface area contributed by atoms with E-state index in [1.165, 1.54) is 4.31 Å². The minimum absolute atomic E-state index is 0.217. The third-order valence-corrected chi connectivity index (χ3v) is 4.76. The Hall–Kier alpha value is -1.19. The Bertz CT molecular complexity index is 449. The van der Waals surface area contributed by atoms with Gasteiger partial charge in [-0.05, 0) is 19.8 Å². The van der Waals surface area contributed by atoms with Crippen LogP contribution in [0.2, 0.25) is 0 Å². The van der Waals surface area contributed by atoms with Gasteiger partial charge in [0.1, 0.15) is 6.04 Å². The summed E-state index contributed by atoms with van der Waals surface area (Å²) in [7, 11) is -3.98. The Kier molecular flexibility index (Phi) is 5.27. The van der Waals surface area contributed by atoms with Gasteiger partial charge in [-0.3, -0.25) is 9.59 Å². The zero-order chi connectivity index (χ0) is 14.6. The van der Waals surface area contributed by atoms with E-state index in [0.717, 1.165) is 6.42 Å². The molecule has 1 saturated heterocycles. The summed E-state index contributed by atoms with van der Waals surface area (Å²) in [5, 5.41) is 17.4. The molecule has 0 aromatic rings. The summed E-state index contributed by atoms with van der Waals surface area (Å²) in [5.41, 5.74) is 0. The Labute approximate surface area is 111 Å². The fourth-order valence-electron chi connectivity index (χ4n) is 2.03. The van der Waals surface area contributed by atoms with Crippen LogP contribution in [0.15, 0.2) is 0 Å². The van der Waals surface area contributed by atoms with Crippen molar-refractivity contribution >= 4 is 22.1 Å². The number of piperidine rings is 1. The van der Waals surface area contributed by atoms with E-state index in [1.54, 1.807) is 6.92 Å². The van der Waals surface area contributed by atoms with Gasteiger partial charge in [-0.2, -0.15) is 17.4 Å². The van der Waals surface area contributed by atoms with Gasteiger partial charge in [0.05, 0.1) is 6.42 Å². The van der Waals surface area contributed by atoms with Crippen molar-refractivity contribution in [1.82, 2.24) is 9.03 Å². The predicted octanol–water partition coefficient (Wildman–Crippen LogP) is -0.377. The highest BCUT2D eigenvalue weighted by Gasteiger charge is 2.34. The monoisotopic (exact) mass is 294 g/mol. The number of carboxylic acids is 2. The molecule has 0 aromatic carbocycles. The van der Waals surface area contributed by atoms with Crippen molar-refractivity contribution in [3.05, 3.63) is 0 Å². The molecule has 0 radical (unpaired) electrons. The molecule has 1 aliphatic rings. The number of nitrogens with one attached hydrogen (secondary N) is 1. The molecule has 110 valence electrons. The van der Waals surface area contributed by atoms with Crippen molar-refractivity contribution in [1.29, 1.82) is 0 Å². The van der Waals surface area contributed by atoms with Crippen molar-refractivity contribution in [2.45, 2.75) is 44.7 Å². The standard InChI is InChI=1S/C10H18N2O6S/c1-7-4-2-3-5-12(7)19(17,18)11-8(10(15)16)6-9(13)14/h7-8,11H,2-6H2,1H3,(H,13,14)(H,15,16). The lowest BCUT2D eigenvalue weighted by atomic mass is 10.1. The highest BCUT2D eigenvalue weighted by Crippen LogP contribution is 2.19. The van der Waals surface area contributed by atoms with Gasteiger partial charge in [-0.1, -0.05) is 6.42 Å². The van der Waals surface area contributed by atoms with Crippen LogP contribution in [-0.2, 0) is 19.8 Å². The third-order valence-electron chi connectivity index (χ3n) is 3.02. The van der Waals surface area contributed by atoms with Gasteiger partial charge >= 0.3 is 11.9 Å². The molecule has 1 heterocycles. The molecule has 0 spiro atoms.